The second-order valence-electron chi connectivity index (χ2n) is 15.9. The van der Waals surface area contributed by atoms with Crippen LogP contribution < -0.4 is 0 Å². The largest absolute Gasteiger partial charge is 0.461 e. The Kier molecular flexibility index (Phi) is 11.1. The lowest BCUT2D eigenvalue weighted by molar-refractivity contribution is -0.192. The minimum Gasteiger partial charge on any atom is -0.461 e. The Morgan fingerprint density at radius 3 is 2.15 bits per heavy atom. The van der Waals surface area contributed by atoms with E-state index in [1.54, 1.807) is 26.0 Å². The zero-order valence-corrected chi connectivity index (χ0v) is 29.6. The van der Waals surface area contributed by atoms with Gasteiger partial charge >= 0.3 is 11.9 Å². The van der Waals surface area contributed by atoms with Crippen LogP contribution in [0.25, 0.3) is 0 Å². The van der Waals surface area contributed by atoms with E-state index in [4.69, 9.17) is 9.47 Å². The summed E-state index contributed by atoms with van der Waals surface area (Å²) in [6.07, 6.45) is 11.0. The van der Waals surface area contributed by atoms with E-state index in [9.17, 15) is 29.7 Å². The molecule has 0 amide bonds. The Morgan fingerprint density at radius 1 is 0.978 bits per heavy atom. The van der Waals surface area contributed by atoms with Crippen molar-refractivity contribution in [1.29, 1.82) is 0 Å². The minimum atomic E-state index is -2.27. The molecule has 4 rings (SSSR count). The van der Waals surface area contributed by atoms with Gasteiger partial charge in [0.1, 0.15) is 30.0 Å². The molecule has 0 radical (unpaired) electrons. The second kappa shape index (κ2) is 13.8. The van der Waals surface area contributed by atoms with Crippen molar-refractivity contribution in [2.45, 2.75) is 149 Å². The fraction of sp³-hybridized carbons (Fsp3) is 0.816. The molecule has 4 aliphatic rings. The molecule has 46 heavy (non-hydrogen) atoms. The third-order valence-electron chi connectivity index (χ3n) is 12.4. The van der Waals surface area contributed by atoms with Gasteiger partial charge in [0.15, 0.2) is 5.78 Å². The van der Waals surface area contributed by atoms with Crippen LogP contribution in [0.4, 0.5) is 0 Å². The summed E-state index contributed by atoms with van der Waals surface area (Å²) in [6, 6.07) is 0. The molecule has 2 bridgehead atoms. The summed E-state index contributed by atoms with van der Waals surface area (Å²) in [4.78, 5) is 41.0. The molecule has 0 unspecified atom stereocenters. The third-order valence-corrected chi connectivity index (χ3v) is 12.4. The number of carbonyl (C=O) groups is 3. The Morgan fingerprint density at radius 2 is 1.57 bits per heavy atom. The van der Waals surface area contributed by atoms with Crippen LogP contribution in [0.15, 0.2) is 23.3 Å². The molecule has 9 atom stereocenters. The van der Waals surface area contributed by atoms with E-state index < -0.39 is 58.0 Å². The van der Waals surface area contributed by atoms with Crippen molar-refractivity contribution in [3.05, 3.63) is 23.3 Å². The lowest BCUT2D eigenvalue weighted by Gasteiger charge is -2.48. The zero-order valence-electron chi connectivity index (χ0n) is 29.6. The summed E-state index contributed by atoms with van der Waals surface area (Å²) in [5, 5.41) is 35.6. The van der Waals surface area contributed by atoms with E-state index in [0.717, 1.165) is 19.3 Å². The first kappa shape index (κ1) is 36.8. The van der Waals surface area contributed by atoms with Crippen LogP contribution >= 0.6 is 0 Å². The standard InChI is InChI=1S/C38H60O8/c1-9-10-11-12-13-14-15-16-17-18-29(39)46-37-21-25(5)36-20-24(4)31(40)38(36,44)32(41)27(22-45-34(43)26(6)23(2)3)19-28(33(36)42)30(37)35(37,7)8/h19-20,23,25-26,28,30-32,40-41,44H,9-18,21-22H2,1-8H3/t25-,26+,28-,30-,31+,32-,36+,37+,38-/m1/s1. The highest BCUT2D eigenvalue weighted by molar-refractivity contribution is 5.96. The van der Waals surface area contributed by atoms with Crippen LogP contribution in [0.5, 0.6) is 0 Å². The molecule has 8 heteroatoms. The summed E-state index contributed by atoms with van der Waals surface area (Å²) in [6.45, 7) is 15.0. The number of ether oxygens (including phenoxy) is 2. The highest BCUT2D eigenvalue weighted by atomic mass is 16.6. The number of hydrogen-bond acceptors (Lipinski definition) is 8. The van der Waals surface area contributed by atoms with E-state index in [-0.39, 0.29) is 35.8 Å². The number of Topliss-reactive ketones (excluding diaryl/α,β-unsaturated/α-hetero) is 1. The van der Waals surface area contributed by atoms with Crippen molar-refractivity contribution >= 4 is 17.7 Å². The first-order chi connectivity index (χ1) is 21.5. The van der Waals surface area contributed by atoms with Crippen LogP contribution in [0, 0.1) is 40.4 Å². The van der Waals surface area contributed by atoms with Gasteiger partial charge in [-0.25, -0.2) is 0 Å². The highest BCUT2D eigenvalue weighted by Gasteiger charge is 2.83. The summed E-state index contributed by atoms with van der Waals surface area (Å²) >= 11 is 0. The number of aliphatic hydroxyl groups is 3. The topological polar surface area (TPSA) is 130 Å². The summed E-state index contributed by atoms with van der Waals surface area (Å²) < 4.78 is 12.0. The molecule has 0 aromatic rings. The molecule has 3 N–H and O–H groups in total. The second-order valence-corrected chi connectivity index (χ2v) is 15.9. The number of fused-ring (bicyclic) bond motifs is 3. The van der Waals surface area contributed by atoms with Crippen LogP contribution in [0.3, 0.4) is 0 Å². The van der Waals surface area contributed by atoms with Gasteiger partial charge in [-0.3, -0.25) is 14.4 Å². The van der Waals surface area contributed by atoms with Crippen LogP contribution in [0.2, 0.25) is 0 Å². The molecule has 0 aromatic heterocycles. The molecule has 8 nitrogen and oxygen atoms in total. The van der Waals surface area contributed by atoms with Gasteiger partial charge in [0.25, 0.3) is 0 Å². The van der Waals surface area contributed by atoms with Gasteiger partial charge in [-0.15, -0.1) is 0 Å². The fourth-order valence-electron chi connectivity index (χ4n) is 9.11. The predicted molar refractivity (Wildman–Crippen MR) is 176 cm³/mol. The monoisotopic (exact) mass is 644 g/mol. The smallest absolute Gasteiger partial charge is 0.309 e. The summed E-state index contributed by atoms with van der Waals surface area (Å²) in [7, 11) is 0. The van der Waals surface area contributed by atoms with Crippen molar-refractivity contribution in [1.82, 2.24) is 0 Å². The SMILES string of the molecule is CCCCCCCCCCCC(=O)O[C@@]12C[C@@H](C)[C@]34C=C(C)[C@H](O)[C@@]3(O)[C@H](O)C(COC(=O)[C@@H](C)C(C)C)=C[C@@H](C4=O)[C@@H]1C2(C)C. The highest BCUT2D eigenvalue weighted by Crippen LogP contribution is 2.75. The average Bonchev–Trinajstić information content (AvgIpc) is 3.41. The van der Waals surface area contributed by atoms with E-state index in [0.29, 0.717) is 18.4 Å². The average molecular weight is 645 g/mol. The molecule has 260 valence electrons. The lowest BCUT2D eigenvalue weighted by Crippen LogP contribution is -2.65. The Labute approximate surface area is 276 Å². The van der Waals surface area contributed by atoms with E-state index in [2.05, 4.69) is 6.92 Å². The van der Waals surface area contributed by atoms with Gasteiger partial charge in [-0.1, -0.05) is 112 Å². The normalized spacial score (nSPS) is 36.5. The number of allylic oxidation sites excluding steroid dienone is 1. The molecule has 0 heterocycles. The van der Waals surface area contributed by atoms with E-state index in [1.807, 2.05) is 34.6 Å². The van der Waals surface area contributed by atoms with Crippen molar-refractivity contribution in [3.63, 3.8) is 0 Å². The molecule has 0 saturated heterocycles. The van der Waals surface area contributed by atoms with Gasteiger partial charge in [0.05, 0.1) is 11.3 Å². The molecular weight excluding hydrogens is 584 g/mol. The van der Waals surface area contributed by atoms with Crippen LogP contribution in [-0.4, -0.2) is 63.1 Å². The van der Waals surface area contributed by atoms with Gasteiger partial charge in [0, 0.05) is 23.7 Å². The molecule has 0 aliphatic heterocycles. The molecule has 1 spiro atoms. The first-order valence-corrected chi connectivity index (χ1v) is 18.0. The summed E-state index contributed by atoms with van der Waals surface area (Å²) in [5.41, 5.74) is -4.80. The van der Waals surface area contributed by atoms with Gasteiger partial charge in [-0.05, 0) is 42.7 Å². The Balaban J connectivity index is 1.59. The number of ketones is 1. The minimum absolute atomic E-state index is 0.0414. The third kappa shape index (κ3) is 5.93. The maximum Gasteiger partial charge on any atom is 0.309 e. The molecular formula is C38H60O8. The number of carbonyl (C=O) groups excluding carboxylic acids is 3. The number of aliphatic hydroxyl groups excluding tert-OH is 2. The van der Waals surface area contributed by atoms with Crippen LogP contribution in [-0.2, 0) is 23.9 Å². The maximum absolute atomic E-state index is 14.8. The molecule has 2 fully saturated rings. The molecule has 4 aliphatic carbocycles. The van der Waals surface area contributed by atoms with Crippen molar-refractivity contribution in [2.24, 2.45) is 40.4 Å². The number of rotatable bonds is 15. The van der Waals surface area contributed by atoms with Crippen LogP contribution in [0.1, 0.15) is 126 Å². The molecule has 2 saturated carbocycles. The summed E-state index contributed by atoms with van der Waals surface area (Å²) in [5.74, 6) is -3.17. The van der Waals surface area contributed by atoms with E-state index >= 15 is 0 Å². The van der Waals surface area contributed by atoms with Gasteiger partial charge < -0.3 is 24.8 Å². The Bertz CT molecular complexity index is 1220. The Hall–Kier alpha value is -2.03. The quantitative estimate of drug-likeness (QED) is 0.108. The van der Waals surface area contributed by atoms with Gasteiger partial charge in [-0.2, -0.15) is 0 Å². The predicted octanol–water partition coefficient (Wildman–Crippen LogP) is 6.24. The lowest BCUT2D eigenvalue weighted by atomic mass is 9.59. The van der Waals surface area contributed by atoms with E-state index in [1.165, 1.54) is 38.5 Å². The number of hydrogen-bond donors (Lipinski definition) is 3. The first-order valence-electron chi connectivity index (χ1n) is 18.0. The zero-order chi connectivity index (χ0) is 34.2. The molecule has 0 aromatic carbocycles. The van der Waals surface area contributed by atoms with Crippen molar-refractivity contribution in [3.8, 4) is 0 Å². The number of unbranched alkanes of at least 4 members (excludes halogenated alkanes) is 8. The van der Waals surface area contributed by atoms with Crippen molar-refractivity contribution < 1.29 is 39.2 Å². The van der Waals surface area contributed by atoms with Gasteiger partial charge in [0.2, 0.25) is 0 Å². The maximum atomic E-state index is 14.8. The number of esters is 2. The van der Waals surface area contributed by atoms with Crippen molar-refractivity contribution in [2.75, 3.05) is 6.61 Å². The fourth-order valence-corrected chi connectivity index (χ4v) is 9.11.